The monoisotopic (exact) mass is 233 g/mol. The molecule has 5 heteroatoms. The largest absolute Gasteiger partial charge is 0.448 e. The van der Waals surface area contributed by atoms with E-state index in [-0.39, 0.29) is 6.08 Å². The maximum atomic E-state index is 5.56. The smallest absolute Gasteiger partial charge is 0.393 e. The van der Waals surface area contributed by atoms with E-state index in [9.17, 15) is 0 Å². The van der Waals surface area contributed by atoms with Crippen molar-refractivity contribution in [3.8, 4) is 6.08 Å². The summed E-state index contributed by atoms with van der Waals surface area (Å²) in [6.07, 6.45) is 1.73. The minimum atomic E-state index is 0.249. The van der Waals surface area contributed by atoms with Gasteiger partial charge in [-0.3, -0.25) is 0 Å². The van der Waals surface area contributed by atoms with Crippen LogP contribution in [-0.4, -0.2) is 24.8 Å². The van der Waals surface area contributed by atoms with Crippen molar-refractivity contribution in [1.82, 2.24) is 4.98 Å². The van der Waals surface area contributed by atoms with Crippen LogP contribution in [0.2, 0.25) is 0 Å². The number of aromatic nitrogens is 1. The first kappa shape index (κ1) is 12.3. The molecule has 1 aromatic rings. The number of nitrogens with zero attached hydrogens (tertiary/aromatic N) is 1. The fraction of sp³-hybridized carbons (Fsp3) is 0.700. The van der Waals surface area contributed by atoms with Crippen molar-refractivity contribution in [3.63, 3.8) is 0 Å². The highest BCUT2D eigenvalue weighted by molar-refractivity contribution is 6.16. The SMILES string of the molecule is CC(C)COCCOc1nc(CCl)co1. The van der Waals surface area contributed by atoms with Crippen LogP contribution < -0.4 is 4.74 Å². The molecule has 0 aliphatic heterocycles. The molecule has 0 spiro atoms. The lowest BCUT2D eigenvalue weighted by Gasteiger charge is -2.05. The molecule has 0 aromatic carbocycles. The second-order valence-electron chi connectivity index (χ2n) is 3.56. The summed E-state index contributed by atoms with van der Waals surface area (Å²) in [7, 11) is 0. The highest BCUT2D eigenvalue weighted by Crippen LogP contribution is 2.11. The van der Waals surface area contributed by atoms with Crippen molar-refractivity contribution < 1.29 is 13.9 Å². The third-order valence-electron chi connectivity index (χ3n) is 1.57. The van der Waals surface area contributed by atoms with Gasteiger partial charge in [0, 0.05) is 6.61 Å². The fourth-order valence-corrected chi connectivity index (χ4v) is 1.05. The van der Waals surface area contributed by atoms with Gasteiger partial charge < -0.3 is 13.9 Å². The number of hydrogen-bond acceptors (Lipinski definition) is 4. The van der Waals surface area contributed by atoms with Crippen molar-refractivity contribution >= 4 is 11.6 Å². The summed E-state index contributed by atoms with van der Waals surface area (Å²) >= 11 is 5.56. The third-order valence-corrected chi connectivity index (χ3v) is 1.85. The van der Waals surface area contributed by atoms with Crippen LogP contribution in [-0.2, 0) is 10.6 Å². The van der Waals surface area contributed by atoms with E-state index in [4.69, 9.17) is 25.5 Å². The molecule has 4 nitrogen and oxygen atoms in total. The van der Waals surface area contributed by atoms with Crippen LogP contribution in [0.1, 0.15) is 19.5 Å². The Morgan fingerprint density at radius 1 is 1.47 bits per heavy atom. The van der Waals surface area contributed by atoms with Gasteiger partial charge in [0.05, 0.1) is 18.2 Å². The highest BCUT2D eigenvalue weighted by Gasteiger charge is 2.03. The van der Waals surface area contributed by atoms with E-state index in [1.807, 2.05) is 0 Å². The van der Waals surface area contributed by atoms with Crippen LogP contribution >= 0.6 is 11.6 Å². The minimum absolute atomic E-state index is 0.249. The topological polar surface area (TPSA) is 44.5 Å². The van der Waals surface area contributed by atoms with Gasteiger partial charge in [0.2, 0.25) is 0 Å². The van der Waals surface area contributed by atoms with Crippen LogP contribution in [0.5, 0.6) is 6.08 Å². The predicted molar refractivity (Wildman–Crippen MR) is 57.2 cm³/mol. The maximum Gasteiger partial charge on any atom is 0.393 e. The Bertz CT molecular complexity index is 275. The molecule has 86 valence electrons. The van der Waals surface area contributed by atoms with Gasteiger partial charge in [0.1, 0.15) is 12.9 Å². The molecule has 1 rings (SSSR count). The summed E-state index contributed by atoms with van der Waals surface area (Å²) < 4.78 is 15.5. The molecule has 0 unspecified atom stereocenters. The van der Waals surface area contributed by atoms with Gasteiger partial charge >= 0.3 is 6.08 Å². The highest BCUT2D eigenvalue weighted by atomic mass is 35.5. The summed E-state index contributed by atoms with van der Waals surface area (Å²) in [5.74, 6) is 0.867. The number of alkyl halides is 1. The van der Waals surface area contributed by atoms with E-state index in [2.05, 4.69) is 18.8 Å². The lowest BCUT2D eigenvalue weighted by Crippen LogP contribution is -2.10. The quantitative estimate of drug-likeness (QED) is 0.536. The van der Waals surface area contributed by atoms with E-state index in [1.165, 1.54) is 6.26 Å². The molecule has 0 N–H and O–H groups in total. The van der Waals surface area contributed by atoms with Crippen molar-refractivity contribution in [1.29, 1.82) is 0 Å². The summed E-state index contributed by atoms with van der Waals surface area (Å²) in [6, 6.07) is 0. The first-order valence-corrected chi connectivity index (χ1v) is 5.46. The molecule has 1 aromatic heterocycles. The molecular weight excluding hydrogens is 218 g/mol. The normalized spacial score (nSPS) is 10.9. The number of oxazole rings is 1. The fourth-order valence-electron chi connectivity index (χ4n) is 0.923. The van der Waals surface area contributed by atoms with Gasteiger partial charge in [-0.2, -0.15) is 4.98 Å². The lowest BCUT2D eigenvalue weighted by molar-refractivity contribution is 0.0725. The average Bonchev–Trinajstić information content (AvgIpc) is 2.65. The number of halogens is 1. The van der Waals surface area contributed by atoms with Crippen molar-refractivity contribution in [2.24, 2.45) is 5.92 Å². The molecule has 0 fully saturated rings. The van der Waals surface area contributed by atoms with Gasteiger partial charge in [0.25, 0.3) is 0 Å². The predicted octanol–water partition coefficient (Wildman–Crippen LogP) is 2.46. The summed E-state index contributed by atoms with van der Waals surface area (Å²) in [4.78, 5) is 3.99. The minimum Gasteiger partial charge on any atom is -0.448 e. The Balaban J connectivity index is 2.09. The summed E-state index contributed by atoms with van der Waals surface area (Å²) in [5, 5.41) is 0. The Kier molecular flexibility index (Phi) is 5.50. The zero-order chi connectivity index (χ0) is 11.1. The molecule has 0 amide bonds. The van der Waals surface area contributed by atoms with Crippen LogP contribution in [0, 0.1) is 5.92 Å². The van der Waals surface area contributed by atoms with E-state index < -0.39 is 0 Å². The van der Waals surface area contributed by atoms with E-state index >= 15 is 0 Å². The Hall–Kier alpha value is -0.740. The summed E-state index contributed by atoms with van der Waals surface area (Å²) in [5.41, 5.74) is 0.676. The van der Waals surface area contributed by atoms with Crippen LogP contribution in [0.25, 0.3) is 0 Å². The number of hydrogen-bond donors (Lipinski definition) is 0. The molecule has 0 radical (unpaired) electrons. The number of ether oxygens (including phenoxy) is 2. The van der Waals surface area contributed by atoms with Gasteiger partial charge in [-0.25, -0.2) is 0 Å². The van der Waals surface area contributed by atoms with Gasteiger partial charge in [0.15, 0.2) is 0 Å². The van der Waals surface area contributed by atoms with Crippen molar-refractivity contribution in [3.05, 3.63) is 12.0 Å². The van der Waals surface area contributed by atoms with Crippen molar-refractivity contribution in [2.45, 2.75) is 19.7 Å². The number of rotatable bonds is 7. The zero-order valence-corrected chi connectivity index (χ0v) is 9.79. The Labute approximate surface area is 94.5 Å². The van der Waals surface area contributed by atoms with Crippen LogP contribution in [0.4, 0.5) is 0 Å². The molecule has 0 aliphatic carbocycles. The second kappa shape index (κ2) is 6.69. The zero-order valence-electron chi connectivity index (χ0n) is 9.03. The van der Waals surface area contributed by atoms with Gasteiger partial charge in [-0.1, -0.05) is 13.8 Å². The molecule has 0 saturated heterocycles. The first-order chi connectivity index (χ1) is 7.22. The first-order valence-electron chi connectivity index (χ1n) is 4.93. The van der Waals surface area contributed by atoms with E-state index in [0.717, 1.165) is 6.61 Å². The molecule has 0 saturated carbocycles. The summed E-state index contributed by atoms with van der Waals surface area (Å²) in [6.45, 7) is 5.91. The molecule has 0 bridgehead atoms. The molecule has 1 heterocycles. The lowest BCUT2D eigenvalue weighted by atomic mass is 10.2. The van der Waals surface area contributed by atoms with E-state index in [1.54, 1.807) is 0 Å². The van der Waals surface area contributed by atoms with Gasteiger partial charge in [-0.15, -0.1) is 11.6 Å². The van der Waals surface area contributed by atoms with Gasteiger partial charge in [-0.05, 0) is 5.92 Å². The maximum absolute atomic E-state index is 5.56. The molecular formula is C10H16ClNO3. The van der Waals surface area contributed by atoms with Crippen LogP contribution in [0.3, 0.4) is 0 Å². The second-order valence-corrected chi connectivity index (χ2v) is 3.82. The molecule has 15 heavy (non-hydrogen) atoms. The standard InChI is InChI=1S/C10H16ClNO3/c1-8(2)6-13-3-4-14-10-12-9(5-11)7-15-10/h7-8H,3-6H2,1-2H3. The third kappa shape index (κ3) is 5.04. The van der Waals surface area contributed by atoms with Crippen LogP contribution in [0.15, 0.2) is 10.7 Å². The molecule has 0 atom stereocenters. The Morgan fingerprint density at radius 3 is 2.87 bits per heavy atom. The van der Waals surface area contributed by atoms with Crippen molar-refractivity contribution in [2.75, 3.05) is 19.8 Å². The molecule has 0 aliphatic rings. The average molecular weight is 234 g/mol. The van der Waals surface area contributed by atoms with E-state index in [0.29, 0.717) is 30.7 Å². The Morgan fingerprint density at radius 2 is 2.27 bits per heavy atom.